The quantitative estimate of drug-likeness (QED) is 0.900. The maximum Gasteiger partial charge on any atom is 0.138 e. The molecule has 1 aromatic rings. The summed E-state index contributed by atoms with van der Waals surface area (Å²) in [4.78, 5) is 4.43. The van der Waals surface area contributed by atoms with Crippen LogP contribution in [-0.4, -0.2) is 20.3 Å². The second kappa shape index (κ2) is 6.25. The van der Waals surface area contributed by atoms with Crippen molar-refractivity contribution in [2.24, 2.45) is 23.5 Å². The standard InChI is InChI=1S/C16H30N4/c1-12(2)10-20-15(18-11-19-20)9-16(17)7-5-14(6-8-16)13(3)4/h11-14H,5-10,17H2,1-4H3. The van der Waals surface area contributed by atoms with E-state index >= 15 is 0 Å². The molecule has 0 atom stereocenters. The molecule has 0 radical (unpaired) electrons. The normalized spacial score (nSPS) is 27.4. The maximum absolute atomic E-state index is 6.63. The van der Waals surface area contributed by atoms with Crippen molar-refractivity contribution in [3.05, 3.63) is 12.2 Å². The summed E-state index contributed by atoms with van der Waals surface area (Å²) in [5.74, 6) is 3.27. The SMILES string of the molecule is CC(C)Cn1ncnc1CC1(N)CCC(C(C)C)CC1. The van der Waals surface area contributed by atoms with Crippen LogP contribution in [0.15, 0.2) is 6.33 Å². The van der Waals surface area contributed by atoms with Gasteiger partial charge in [0.05, 0.1) is 0 Å². The molecule has 0 aliphatic heterocycles. The Morgan fingerprint density at radius 3 is 2.50 bits per heavy atom. The third-order valence-electron chi connectivity index (χ3n) is 4.71. The Kier molecular flexibility index (Phi) is 4.84. The molecule has 0 amide bonds. The van der Waals surface area contributed by atoms with Gasteiger partial charge in [0.15, 0.2) is 0 Å². The monoisotopic (exact) mass is 278 g/mol. The van der Waals surface area contributed by atoms with Crippen LogP contribution in [0.3, 0.4) is 0 Å². The first kappa shape index (κ1) is 15.5. The van der Waals surface area contributed by atoms with Crippen molar-refractivity contribution in [3.8, 4) is 0 Å². The van der Waals surface area contributed by atoms with E-state index in [0.29, 0.717) is 5.92 Å². The fourth-order valence-electron chi connectivity index (χ4n) is 3.30. The van der Waals surface area contributed by atoms with E-state index in [9.17, 15) is 0 Å². The number of aromatic nitrogens is 3. The van der Waals surface area contributed by atoms with Gasteiger partial charge in [-0.2, -0.15) is 5.10 Å². The molecule has 20 heavy (non-hydrogen) atoms. The lowest BCUT2D eigenvalue weighted by molar-refractivity contribution is 0.191. The zero-order valence-electron chi connectivity index (χ0n) is 13.5. The Morgan fingerprint density at radius 1 is 1.30 bits per heavy atom. The summed E-state index contributed by atoms with van der Waals surface area (Å²) in [7, 11) is 0. The van der Waals surface area contributed by atoms with E-state index in [-0.39, 0.29) is 5.54 Å². The highest BCUT2D eigenvalue weighted by molar-refractivity contribution is 5.00. The number of nitrogens with zero attached hydrogens (tertiary/aromatic N) is 3. The zero-order valence-corrected chi connectivity index (χ0v) is 13.5. The lowest BCUT2D eigenvalue weighted by Crippen LogP contribution is -2.46. The summed E-state index contributed by atoms with van der Waals surface area (Å²) < 4.78 is 2.04. The lowest BCUT2D eigenvalue weighted by atomic mass is 9.72. The third-order valence-corrected chi connectivity index (χ3v) is 4.71. The van der Waals surface area contributed by atoms with Crippen LogP contribution in [0.4, 0.5) is 0 Å². The van der Waals surface area contributed by atoms with Crippen molar-refractivity contribution in [2.45, 2.75) is 71.9 Å². The third kappa shape index (κ3) is 3.81. The second-order valence-electron chi connectivity index (χ2n) is 7.37. The van der Waals surface area contributed by atoms with Crippen LogP contribution in [0.2, 0.25) is 0 Å². The summed E-state index contributed by atoms with van der Waals surface area (Å²) in [6, 6.07) is 0. The highest BCUT2D eigenvalue weighted by Gasteiger charge is 2.34. The Hall–Kier alpha value is -0.900. The molecule has 0 aromatic carbocycles. The smallest absolute Gasteiger partial charge is 0.138 e. The molecule has 0 saturated heterocycles. The minimum Gasteiger partial charge on any atom is -0.325 e. The van der Waals surface area contributed by atoms with Gasteiger partial charge in [-0.05, 0) is 43.4 Å². The van der Waals surface area contributed by atoms with Crippen LogP contribution in [0.1, 0.15) is 59.2 Å². The van der Waals surface area contributed by atoms with Gasteiger partial charge >= 0.3 is 0 Å². The molecular weight excluding hydrogens is 248 g/mol. The van der Waals surface area contributed by atoms with Crippen LogP contribution in [0, 0.1) is 17.8 Å². The number of hydrogen-bond donors (Lipinski definition) is 1. The van der Waals surface area contributed by atoms with E-state index in [1.165, 1.54) is 12.8 Å². The van der Waals surface area contributed by atoms with Crippen LogP contribution in [0.5, 0.6) is 0 Å². The van der Waals surface area contributed by atoms with Crippen LogP contribution in [-0.2, 0) is 13.0 Å². The van der Waals surface area contributed by atoms with Crippen molar-refractivity contribution in [1.29, 1.82) is 0 Å². The van der Waals surface area contributed by atoms with Crippen molar-refractivity contribution < 1.29 is 0 Å². The van der Waals surface area contributed by atoms with Gasteiger partial charge < -0.3 is 5.73 Å². The van der Waals surface area contributed by atoms with E-state index in [0.717, 1.165) is 43.5 Å². The molecule has 1 saturated carbocycles. The molecule has 1 aliphatic rings. The molecule has 2 rings (SSSR count). The Labute approximate surface area is 123 Å². The van der Waals surface area contributed by atoms with Crippen LogP contribution in [0.25, 0.3) is 0 Å². The molecule has 0 bridgehead atoms. The fraction of sp³-hybridized carbons (Fsp3) is 0.875. The predicted molar refractivity (Wildman–Crippen MR) is 82.3 cm³/mol. The molecule has 114 valence electrons. The number of hydrogen-bond acceptors (Lipinski definition) is 3. The van der Waals surface area contributed by atoms with Gasteiger partial charge in [0, 0.05) is 18.5 Å². The van der Waals surface area contributed by atoms with E-state index in [4.69, 9.17) is 5.73 Å². The van der Waals surface area contributed by atoms with Gasteiger partial charge in [-0.1, -0.05) is 27.7 Å². The number of nitrogens with two attached hydrogens (primary N) is 1. The van der Waals surface area contributed by atoms with Crippen molar-refractivity contribution in [2.75, 3.05) is 0 Å². The van der Waals surface area contributed by atoms with Crippen molar-refractivity contribution >= 4 is 0 Å². The largest absolute Gasteiger partial charge is 0.325 e. The molecular formula is C16H30N4. The average molecular weight is 278 g/mol. The second-order valence-corrected chi connectivity index (χ2v) is 7.37. The fourth-order valence-corrected chi connectivity index (χ4v) is 3.30. The summed E-state index contributed by atoms with van der Waals surface area (Å²) in [6.07, 6.45) is 7.28. The van der Waals surface area contributed by atoms with Gasteiger partial charge in [-0.25, -0.2) is 9.67 Å². The first-order chi connectivity index (χ1) is 9.39. The Morgan fingerprint density at radius 2 is 1.95 bits per heavy atom. The van der Waals surface area contributed by atoms with Crippen LogP contribution >= 0.6 is 0 Å². The van der Waals surface area contributed by atoms with E-state index < -0.39 is 0 Å². The average Bonchev–Trinajstić information content (AvgIpc) is 2.75. The van der Waals surface area contributed by atoms with Gasteiger partial charge in [-0.15, -0.1) is 0 Å². The molecule has 1 fully saturated rings. The molecule has 1 heterocycles. The molecule has 0 spiro atoms. The van der Waals surface area contributed by atoms with Crippen molar-refractivity contribution in [3.63, 3.8) is 0 Å². The van der Waals surface area contributed by atoms with E-state index in [1.54, 1.807) is 6.33 Å². The zero-order chi connectivity index (χ0) is 14.8. The molecule has 0 unspecified atom stereocenters. The molecule has 4 heteroatoms. The summed E-state index contributed by atoms with van der Waals surface area (Å²) in [6.45, 7) is 10.00. The topological polar surface area (TPSA) is 56.7 Å². The summed E-state index contributed by atoms with van der Waals surface area (Å²) >= 11 is 0. The molecule has 4 nitrogen and oxygen atoms in total. The molecule has 1 aliphatic carbocycles. The lowest BCUT2D eigenvalue weighted by Gasteiger charge is -2.38. The summed E-state index contributed by atoms with van der Waals surface area (Å²) in [5, 5.41) is 4.35. The summed E-state index contributed by atoms with van der Waals surface area (Å²) in [5.41, 5.74) is 6.56. The first-order valence-electron chi connectivity index (χ1n) is 8.05. The van der Waals surface area contributed by atoms with Crippen molar-refractivity contribution in [1.82, 2.24) is 14.8 Å². The highest BCUT2D eigenvalue weighted by atomic mass is 15.3. The first-order valence-corrected chi connectivity index (χ1v) is 8.05. The highest BCUT2D eigenvalue weighted by Crippen LogP contribution is 2.35. The van der Waals surface area contributed by atoms with Gasteiger partial charge in [-0.3, -0.25) is 0 Å². The van der Waals surface area contributed by atoms with Gasteiger partial charge in [0.2, 0.25) is 0 Å². The minimum absolute atomic E-state index is 0.0762. The van der Waals surface area contributed by atoms with Gasteiger partial charge in [0.25, 0.3) is 0 Å². The number of rotatable bonds is 5. The Balaban J connectivity index is 1.98. The molecule has 2 N–H and O–H groups in total. The van der Waals surface area contributed by atoms with E-state index in [1.807, 2.05) is 4.68 Å². The predicted octanol–water partition coefficient (Wildman–Crippen LogP) is 3.02. The van der Waals surface area contributed by atoms with Crippen LogP contribution < -0.4 is 5.73 Å². The Bertz CT molecular complexity index is 414. The maximum atomic E-state index is 6.63. The molecule has 1 aromatic heterocycles. The van der Waals surface area contributed by atoms with Gasteiger partial charge in [0.1, 0.15) is 12.2 Å². The van der Waals surface area contributed by atoms with E-state index in [2.05, 4.69) is 37.8 Å². The minimum atomic E-state index is -0.0762.